The topological polar surface area (TPSA) is 73.1 Å². The fourth-order valence-corrected chi connectivity index (χ4v) is 8.02. The summed E-state index contributed by atoms with van der Waals surface area (Å²) in [7, 11) is 1.79. The third-order valence-corrected chi connectivity index (χ3v) is 9.30. The predicted molar refractivity (Wildman–Crippen MR) is 91.9 cm³/mol. The number of methoxy groups -OCH3 is 1. The second-order valence-electron chi connectivity index (χ2n) is 10.1. The van der Waals surface area contributed by atoms with Gasteiger partial charge in [-0.25, -0.2) is 4.79 Å². The van der Waals surface area contributed by atoms with Gasteiger partial charge in [0, 0.05) is 18.1 Å². The van der Waals surface area contributed by atoms with Crippen LogP contribution in [0.5, 0.6) is 0 Å². The minimum absolute atomic E-state index is 0.0734. The molecule has 7 aliphatic rings. The number of carbonyl (C=O) groups is 1. The molecule has 6 heteroatoms. The fourth-order valence-electron chi connectivity index (χ4n) is 8.02. The third-order valence-electron chi connectivity index (χ3n) is 9.30. The highest BCUT2D eigenvalue weighted by Gasteiger charge is 3.00. The maximum atomic E-state index is 12.1. The minimum atomic E-state index is -0.406. The van der Waals surface area contributed by atoms with Gasteiger partial charge in [0.15, 0.2) is 5.60 Å². The molecule has 2 saturated carbocycles. The van der Waals surface area contributed by atoms with Crippen molar-refractivity contribution in [3.63, 3.8) is 0 Å². The van der Waals surface area contributed by atoms with E-state index in [1.54, 1.807) is 7.11 Å². The first kappa shape index (κ1) is 15.9. The van der Waals surface area contributed by atoms with Crippen LogP contribution in [0.2, 0.25) is 0 Å². The van der Waals surface area contributed by atoms with Crippen LogP contribution in [0.15, 0.2) is 11.1 Å². The van der Waals surface area contributed by atoms with Gasteiger partial charge in [-0.15, -0.1) is 0 Å². The zero-order chi connectivity index (χ0) is 18.6. The largest absolute Gasteiger partial charge is 0.458 e. The van der Waals surface area contributed by atoms with E-state index in [1.165, 1.54) is 5.57 Å². The molecular formula is C21H26O6. The minimum Gasteiger partial charge on any atom is -0.458 e. The zero-order valence-electron chi connectivity index (χ0n) is 16.2. The Kier molecular flexibility index (Phi) is 2.45. The lowest BCUT2D eigenvalue weighted by molar-refractivity contribution is -0.136. The molecule has 9 atom stereocenters. The molecule has 3 saturated heterocycles. The lowest BCUT2D eigenvalue weighted by atomic mass is 9.46. The van der Waals surface area contributed by atoms with E-state index in [1.807, 2.05) is 0 Å². The van der Waals surface area contributed by atoms with Gasteiger partial charge in [0.05, 0.1) is 6.10 Å². The van der Waals surface area contributed by atoms with Crippen LogP contribution >= 0.6 is 0 Å². The molecule has 0 aromatic carbocycles. The zero-order valence-corrected chi connectivity index (χ0v) is 16.2. The lowest BCUT2D eigenvalue weighted by Gasteiger charge is -2.53. The summed E-state index contributed by atoms with van der Waals surface area (Å²) < 4.78 is 31.1. The summed E-state index contributed by atoms with van der Waals surface area (Å²) in [4.78, 5) is 12.1. The molecule has 146 valence electrons. The summed E-state index contributed by atoms with van der Waals surface area (Å²) in [6.45, 7) is 7.21. The summed E-state index contributed by atoms with van der Waals surface area (Å²) in [5.41, 5.74) is 0.978. The first-order valence-corrected chi connectivity index (χ1v) is 10.3. The van der Waals surface area contributed by atoms with Crippen LogP contribution in [-0.4, -0.2) is 60.9 Å². The molecule has 6 nitrogen and oxygen atoms in total. The number of cyclic esters (lactones) is 1. The third kappa shape index (κ3) is 1.30. The van der Waals surface area contributed by atoms with E-state index in [0.29, 0.717) is 12.5 Å². The van der Waals surface area contributed by atoms with Gasteiger partial charge < -0.3 is 23.7 Å². The predicted octanol–water partition coefficient (Wildman–Crippen LogP) is 1.76. The molecule has 27 heavy (non-hydrogen) atoms. The second kappa shape index (κ2) is 4.16. The molecule has 5 fully saturated rings. The van der Waals surface area contributed by atoms with Crippen molar-refractivity contribution in [3.8, 4) is 0 Å². The summed E-state index contributed by atoms with van der Waals surface area (Å²) in [6, 6.07) is 0. The van der Waals surface area contributed by atoms with Crippen LogP contribution in [0, 0.1) is 17.3 Å². The second-order valence-corrected chi connectivity index (χ2v) is 10.1. The number of hydrogen-bond donors (Lipinski definition) is 0. The molecule has 1 unspecified atom stereocenters. The summed E-state index contributed by atoms with van der Waals surface area (Å²) >= 11 is 0. The molecular weight excluding hydrogens is 348 g/mol. The number of carbonyl (C=O) groups excluding carboxylic acids is 1. The maximum Gasteiger partial charge on any atom is 0.334 e. The Hall–Kier alpha value is -0.950. The van der Waals surface area contributed by atoms with Crippen molar-refractivity contribution >= 4 is 5.97 Å². The maximum absolute atomic E-state index is 12.1. The monoisotopic (exact) mass is 374 g/mol. The molecule has 2 spiro atoms. The first-order chi connectivity index (χ1) is 12.9. The van der Waals surface area contributed by atoms with Crippen molar-refractivity contribution in [2.24, 2.45) is 17.3 Å². The number of hydrogen-bond acceptors (Lipinski definition) is 6. The van der Waals surface area contributed by atoms with Gasteiger partial charge in [0.25, 0.3) is 0 Å². The SMILES string of the molecule is CO[C@@H]1[C@@]2(C(C)C)O[C@H]2C2O[C@]23[C@]12O[C@H]2C[C@H]1C2=C(CC[C@@]13C)C(=O)OC2. The quantitative estimate of drug-likeness (QED) is 0.542. The van der Waals surface area contributed by atoms with Crippen LogP contribution < -0.4 is 0 Å². The van der Waals surface area contributed by atoms with Crippen LogP contribution in [0.1, 0.15) is 40.0 Å². The molecule has 3 aliphatic carbocycles. The van der Waals surface area contributed by atoms with E-state index in [2.05, 4.69) is 20.8 Å². The van der Waals surface area contributed by atoms with Crippen LogP contribution in [0.4, 0.5) is 0 Å². The molecule has 0 N–H and O–H groups in total. The van der Waals surface area contributed by atoms with Crippen LogP contribution in [-0.2, 0) is 28.5 Å². The Bertz CT molecular complexity index is 835. The highest BCUT2D eigenvalue weighted by atomic mass is 16.8. The normalized spacial score (nSPS) is 61.2. The van der Waals surface area contributed by atoms with E-state index in [4.69, 9.17) is 23.7 Å². The molecule has 0 bridgehead atoms. The van der Waals surface area contributed by atoms with Crippen LogP contribution in [0.25, 0.3) is 0 Å². The van der Waals surface area contributed by atoms with Gasteiger partial charge >= 0.3 is 5.97 Å². The Labute approximate surface area is 158 Å². The van der Waals surface area contributed by atoms with Gasteiger partial charge in [-0.3, -0.25) is 0 Å². The lowest BCUT2D eigenvalue weighted by Crippen LogP contribution is -2.69. The molecule has 0 radical (unpaired) electrons. The number of rotatable bonds is 2. The molecule has 4 aliphatic heterocycles. The van der Waals surface area contributed by atoms with Crippen molar-refractivity contribution in [2.75, 3.05) is 13.7 Å². The highest BCUT2D eigenvalue weighted by Crippen LogP contribution is 2.83. The Morgan fingerprint density at radius 1 is 1.19 bits per heavy atom. The average Bonchev–Trinajstić information content (AvgIpc) is 3.52. The molecule has 0 amide bonds. The molecule has 7 rings (SSSR count). The van der Waals surface area contributed by atoms with Gasteiger partial charge in [-0.2, -0.15) is 0 Å². The van der Waals surface area contributed by atoms with E-state index in [0.717, 1.165) is 24.8 Å². The Morgan fingerprint density at radius 3 is 2.74 bits per heavy atom. The van der Waals surface area contributed by atoms with E-state index in [9.17, 15) is 4.79 Å². The van der Waals surface area contributed by atoms with E-state index in [-0.39, 0.29) is 52.9 Å². The standard InChI is InChI=1S/C21H26O6/c1-9(2)19-14(26-19)15-21(27-15)18(3)6-5-10-11(8-24-16(10)22)12(18)7-13-20(21,25-13)17(19)23-4/h9,12-15,17H,5-8H2,1-4H3/t12-,13-,14-,15?,17+,18-,19-,20+,21+/m0/s1. The number of epoxide rings is 3. The van der Waals surface area contributed by atoms with Gasteiger partial charge in [-0.05, 0) is 36.7 Å². The molecule has 0 aromatic rings. The van der Waals surface area contributed by atoms with Gasteiger partial charge in [0.2, 0.25) is 0 Å². The van der Waals surface area contributed by atoms with Gasteiger partial charge in [-0.1, -0.05) is 20.8 Å². The van der Waals surface area contributed by atoms with Crippen molar-refractivity contribution in [3.05, 3.63) is 11.1 Å². The van der Waals surface area contributed by atoms with Gasteiger partial charge in [0.1, 0.15) is 36.1 Å². The van der Waals surface area contributed by atoms with Crippen LogP contribution in [0.3, 0.4) is 0 Å². The highest BCUT2D eigenvalue weighted by molar-refractivity contribution is 5.92. The van der Waals surface area contributed by atoms with Crippen molar-refractivity contribution in [2.45, 2.75) is 81.3 Å². The first-order valence-electron chi connectivity index (χ1n) is 10.3. The van der Waals surface area contributed by atoms with E-state index < -0.39 is 5.60 Å². The van der Waals surface area contributed by atoms with Crippen molar-refractivity contribution in [1.29, 1.82) is 0 Å². The summed E-state index contributed by atoms with van der Waals surface area (Å²) in [6.07, 6.45) is 2.79. The number of ether oxygens (including phenoxy) is 5. The fraction of sp³-hybridized carbons (Fsp3) is 0.857. The van der Waals surface area contributed by atoms with E-state index >= 15 is 0 Å². The van der Waals surface area contributed by atoms with Crippen molar-refractivity contribution < 1.29 is 28.5 Å². The number of esters is 1. The molecule has 0 aromatic heterocycles. The number of fused-ring (bicyclic) bond motifs is 4. The molecule has 4 heterocycles. The Balaban J connectivity index is 1.39. The van der Waals surface area contributed by atoms with Crippen molar-refractivity contribution in [1.82, 2.24) is 0 Å². The summed E-state index contributed by atoms with van der Waals surface area (Å²) in [5.74, 6) is 0.510. The summed E-state index contributed by atoms with van der Waals surface area (Å²) in [5, 5.41) is 0. The smallest absolute Gasteiger partial charge is 0.334 e. The average molecular weight is 374 g/mol. The Morgan fingerprint density at radius 2 is 2.00 bits per heavy atom.